The lowest BCUT2D eigenvalue weighted by atomic mass is 10.0. The smallest absolute Gasteiger partial charge is 0.249 e. The Morgan fingerprint density at radius 1 is 0.897 bits per heavy atom. The van der Waals surface area contributed by atoms with Gasteiger partial charge < -0.3 is 20.1 Å². The molecule has 1 rings (SSSR count). The first-order valence-electron chi connectivity index (χ1n) is 12.0. The Kier molecular flexibility index (Phi) is 20.5. The minimum absolute atomic E-state index is 0.268. The number of carbonyl (C=O) groups is 1. The number of aliphatic hydroxyl groups excluding tert-OH is 1. The summed E-state index contributed by atoms with van der Waals surface area (Å²) in [6, 6.07) is 0. The van der Waals surface area contributed by atoms with E-state index in [4.69, 9.17) is 20.1 Å². The number of aliphatic hydroxyl groups is 1. The van der Waals surface area contributed by atoms with Crippen LogP contribution in [-0.2, 0) is 0 Å². The monoisotopic (exact) mass is 414 g/mol. The molecule has 0 spiro atoms. The molecule has 0 aromatic rings. The highest BCUT2D eigenvalue weighted by Gasteiger charge is 2.19. The number of hydrogen-bond donors (Lipinski definition) is 3. The second-order valence-corrected chi connectivity index (χ2v) is 8.05. The molecule has 0 aromatic carbocycles. The molecule has 6 nitrogen and oxygen atoms in total. The highest BCUT2D eigenvalue weighted by atomic mass is 16.6. The summed E-state index contributed by atoms with van der Waals surface area (Å²) in [5, 5.41) is 27.8. The zero-order valence-electron chi connectivity index (χ0n) is 18.8. The van der Waals surface area contributed by atoms with Gasteiger partial charge in [-0.15, -0.1) is 0 Å². The summed E-state index contributed by atoms with van der Waals surface area (Å²) in [6.45, 7) is 5.46. The fourth-order valence-corrected chi connectivity index (χ4v) is 3.86. The van der Waals surface area contributed by atoms with Crippen LogP contribution >= 0.6 is 0 Å². The van der Waals surface area contributed by atoms with Crippen molar-refractivity contribution in [1.29, 1.82) is 0 Å². The first-order valence-corrected chi connectivity index (χ1v) is 12.0. The van der Waals surface area contributed by atoms with Gasteiger partial charge in [0.1, 0.15) is 19.6 Å². The number of nitrogens with one attached hydrogen (secondary N) is 1. The van der Waals surface area contributed by atoms with Crippen molar-refractivity contribution in [1.82, 2.24) is 5.32 Å². The van der Waals surface area contributed by atoms with Gasteiger partial charge in [-0.25, -0.2) is 0 Å². The van der Waals surface area contributed by atoms with Gasteiger partial charge in [-0.05, 0) is 6.42 Å². The van der Waals surface area contributed by atoms with E-state index in [0.29, 0.717) is 0 Å². The van der Waals surface area contributed by atoms with Crippen molar-refractivity contribution in [2.75, 3.05) is 26.2 Å². The maximum Gasteiger partial charge on any atom is 0.249 e. The SMILES string of the molecule is CCCCCCCCCCCCCCCCCC1=[N+](CCO)CCN1.O=C([O-])O. The van der Waals surface area contributed by atoms with Crippen LogP contribution in [-0.4, -0.2) is 53.0 Å². The lowest BCUT2D eigenvalue weighted by Gasteiger charge is -2.04. The van der Waals surface area contributed by atoms with Gasteiger partial charge in [0.05, 0.1) is 6.61 Å². The highest BCUT2D eigenvalue weighted by Crippen LogP contribution is 2.13. The first-order chi connectivity index (χ1) is 14.1. The summed E-state index contributed by atoms with van der Waals surface area (Å²) < 4.78 is 2.31. The minimum atomic E-state index is -2.08. The Labute approximate surface area is 178 Å². The average Bonchev–Trinajstić information content (AvgIpc) is 3.12. The van der Waals surface area contributed by atoms with Crippen LogP contribution in [0.3, 0.4) is 0 Å². The van der Waals surface area contributed by atoms with Crippen molar-refractivity contribution < 1.29 is 24.7 Å². The number of hydrogen-bond acceptors (Lipinski definition) is 4. The molecule has 3 N–H and O–H groups in total. The quantitative estimate of drug-likeness (QED) is 0.231. The normalized spacial score (nSPS) is 13.2. The first kappa shape index (κ1) is 27.7. The molecular formula is C23H46N2O4. The fraction of sp³-hybridized carbons (Fsp3) is 0.913. The van der Waals surface area contributed by atoms with Crippen molar-refractivity contribution in [3.63, 3.8) is 0 Å². The number of rotatable bonds is 18. The van der Waals surface area contributed by atoms with Crippen molar-refractivity contribution in [3.05, 3.63) is 0 Å². The third kappa shape index (κ3) is 19.8. The van der Waals surface area contributed by atoms with Crippen molar-refractivity contribution >= 4 is 12.0 Å². The largest absolute Gasteiger partial charge is 0.565 e. The fourth-order valence-electron chi connectivity index (χ4n) is 3.86. The zero-order chi connectivity index (χ0) is 21.6. The Bertz CT molecular complexity index is 410. The number of carboxylic acid groups (broad SMARTS) is 2. The Balaban J connectivity index is 0.00000178. The number of β-amino-alcohol motifs (C(OH)–C–C–N with tert-alkyl or cyclic N) is 1. The van der Waals surface area contributed by atoms with E-state index in [0.717, 1.165) is 26.1 Å². The van der Waals surface area contributed by atoms with E-state index in [1.165, 1.54) is 102 Å². The lowest BCUT2D eigenvalue weighted by molar-refractivity contribution is -0.521. The third-order valence-corrected chi connectivity index (χ3v) is 5.48. The van der Waals surface area contributed by atoms with Gasteiger partial charge >= 0.3 is 0 Å². The summed E-state index contributed by atoms with van der Waals surface area (Å²) in [5.74, 6) is 1.36. The van der Waals surface area contributed by atoms with Crippen LogP contribution in [0.15, 0.2) is 0 Å². The topological polar surface area (TPSA) is 95.6 Å². The molecule has 0 aromatic heterocycles. The second-order valence-electron chi connectivity index (χ2n) is 8.05. The van der Waals surface area contributed by atoms with Gasteiger partial charge in [-0.2, -0.15) is 0 Å². The number of amidine groups is 1. The van der Waals surface area contributed by atoms with Gasteiger partial charge in [-0.1, -0.05) is 96.8 Å². The predicted molar refractivity (Wildman–Crippen MR) is 118 cm³/mol. The summed E-state index contributed by atoms with van der Waals surface area (Å²) in [6.07, 6.45) is 20.4. The molecule has 0 aliphatic carbocycles. The molecule has 0 unspecified atom stereocenters. The average molecular weight is 415 g/mol. The van der Waals surface area contributed by atoms with Gasteiger partial charge in [0.25, 0.3) is 0 Å². The molecule has 0 bridgehead atoms. The van der Waals surface area contributed by atoms with E-state index in [1.54, 1.807) is 0 Å². The molecule has 0 radical (unpaired) electrons. The van der Waals surface area contributed by atoms with Crippen molar-refractivity contribution in [2.45, 2.75) is 110 Å². The summed E-state index contributed by atoms with van der Waals surface area (Å²) >= 11 is 0. The second kappa shape index (κ2) is 21.4. The van der Waals surface area contributed by atoms with Gasteiger partial charge in [0.2, 0.25) is 12.0 Å². The molecule has 0 saturated heterocycles. The molecule has 0 saturated carbocycles. The summed E-state index contributed by atoms with van der Waals surface area (Å²) in [7, 11) is 0. The highest BCUT2D eigenvalue weighted by molar-refractivity contribution is 5.78. The lowest BCUT2D eigenvalue weighted by Crippen LogP contribution is -2.24. The van der Waals surface area contributed by atoms with Gasteiger partial charge in [-0.3, -0.25) is 9.89 Å². The van der Waals surface area contributed by atoms with Crippen LogP contribution in [0.25, 0.3) is 0 Å². The van der Waals surface area contributed by atoms with Crippen LogP contribution in [0, 0.1) is 0 Å². The Morgan fingerprint density at radius 2 is 1.31 bits per heavy atom. The van der Waals surface area contributed by atoms with Crippen LogP contribution in [0.5, 0.6) is 0 Å². The molecule has 0 amide bonds. The molecule has 29 heavy (non-hydrogen) atoms. The van der Waals surface area contributed by atoms with Gasteiger partial charge in [0.15, 0.2) is 0 Å². The number of nitrogens with zero attached hydrogens (tertiary/aromatic N) is 1. The number of unbranched alkanes of at least 4 members (excludes halogenated alkanes) is 14. The van der Waals surface area contributed by atoms with Crippen LogP contribution in [0.2, 0.25) is 0 Å². The predicted octanol–water partition coefficient (Wildman–Crippen LogP) is 4.14. The van der Waals surface area contributed by atoms with E-state index in [-0.39, 0.29) is 6.61 Å². The van der Waals surface area contributed by atoms with E-state index in [9.17, 15) is 0 Å². The minimum Gasteiger partial charge on any atom is -0.565 e. The molecule has 1 aliphatic heterocycles. The van der Waals surface area contributed by atoms with E-state index >= 15 is 0 Å². The molecule has 6 heteroatoms. The maximum atomic E-state index is 9.07. The van der Waals surface area contributed by atoms with Crippen LogP contribution in [0.1, 0.15) is 110 Å². The zero-order valence-corrected chi connectivity index (χ0v) is 18.8. The van der Waals surface area contributed by atoms with Crippen molar-refractivity contribution in [2.24, 2.45) is 0 Å². The standard InChI is InChI=1S/C22H44N2O.CH2O3/c1-2-3-4-5-6-7-8-9-10-11-12-13-14-15-16-17-22-23-18-19-24(22)20-21-25;2-1(3)4/h25H,2-21H2,1H3;(H2,2,3,4). The van der Waals surface area contributed by atoms with Crippen molar-refractivity contribution in [3.8, 4) is 0 Å². The van der Waals surface area contributed by atoms with Crippen LogP contribution in [0.4, 0.5) is 4.79 Å². The molecule has 1 aliphatic rings. The van der Waals surface area contributed by atoms with E-state index in [1.807, 2.05) is 0 Å². The molecule has 1 heterocycles. The summed E-state index contributed by atoms with van der Waals surface area (Å²) in [4.78, 5) is 8.44. The Morgan fingerprint density at radius 3 is 1.72 bits per heavy atom. The van der Waals surface area contributed by atoms with Crippen LogP contribution < -0.4 is 10.4 Å². The summed E-state index contributed by atoms with van der Waals surface area (Å²) in [5.41, 5.74) is 0. The van der Waals surface area contributed by atoms with E-state index in [2.05, 4.69) is 16.8 Å². The molecular weight excluding hydrogens is 368 g/mol. The maximum absolute atomic E-state index is 9.07. The van der Waals surface area contributed by atoms with Gasteiger partial charge in [0, 0.05) is 6.42 Å². The molecule has 0 fully saturated rings. The molecule has 0 atom stereocenters. The third-order valence-electron chi connectivity index (χ3n) is 5.48. The van der Waals surface area contributed by atoms with E-state index < -0.39 is 6.16 Å². The Hall–Kier alpha value is -1.30. The molecule has 172 valence electrons.